The van der Waals surface area contributed by atoms with Crippen LogP contribution in [-0.2, 0) is 10.2 Å². The maximum absolute atomic E-state index is 12.2. The van der Waals surface area contributed by atoms with Gasteiger partial charge in [-0.25, -0.2) is 0 Å². The number of nitrogens with two attached hydrogens (primary N) is 1. The minimum absolute atomic E-state index is 0.00694. The van der Waals surface area contributed by atoms with E-state index in [1.807, 2.05) is 18.2 Å². The first kappa shape index (κ1) is 17.7. The lowest BCUT2D eigenvalue weighted by Crippen LogP contribution is -2.45. The number of primary amides is 1. The number of nitriles is 1. The molecule has 2 atom stereocenters. The van der Waals surface area contributed by atoms with Crippen LogP contribution < -0.4 is 11.1 Å². The van der Waals surface area contributed by atoms with Gasteiger partial charge in [0.15, 0.2) is 0 Å². The molecule has 0 aromatic heterocycles. The molecular weight excluding hydrogens is 278 g/mol. The number of hydrogen-bond acceptors (Lipinski definition) is 3. The van der Waals surface area contributed by atoms with Gasteiger partial charge in [0.1, 0.15) is 6.04 Å². The Morgan fingerprint density at radius 1 is 1.27 bits per heavy atom. The van der Waals surface area contributed by atoms with E-state index in [1.54, 1.807) is 19.1 Å². The van der Waals surface area contributed by atoms with Crippen LogP contribution >= 0.6 is 0 Å². The highest BCUT2D eigenvalue weighted by molar-refractivity contribution is 5.97. The normalized spacial score (nSPS) is 13.8. The summed E-state index contributed by atoms with van der Waals surface area (Å²) in [7, 11) is 0. The molecule has 0 aliphatic rings. The van der Waals surface area contributed by atoms with Crippen LogP contribution in [0.5, 0.6) is 0 Å². The van der Waals surface area contributed by atoms with Gasteiger partial charge in [-0.3, -0.25) is 9.59 Å². The average molecular weight is 301 g/mol. The second kappa shape index (κ2) is 7.08. The number of benzene rings is 1. The van der Waals surface area contributed by atoms with Gasteiger partial charge in [0.2, 0.25) is 5.91 Å². The van der Waals surface area contributed by atoms with Crippen molar-refractivity contribution >= 4 is 11.8 Å². The Morgan fingerprint density at radius 3 is 2.23 bits per heavy atom. The second-order valence-corrected chi connectivity index (χ2v) is 6.52. The van der Waals surface area contributed by atoms with Crippen molar-refractivity contribution < 1.29 is 9.59 Å². The summed E-state index contributed by atoms with van der Waals surface area (Å²) in [5, 5.41) is 11.4. The van der Waals surface area contributed by atoms with Crippen LogP contribution in [0.25, 0.3) is 0 Å². The topological polar surface area (TPSA) is 96.0 Å². The monoisotopic (exact) mass is 301 g/mol. The van der Waals surface area contributed by atoms with Crippen molar-refractivity contribution in [3.63, 3.8) is 0 Å². The fourth-order valence-corrected chi connectivity index (χ4v) is 2.02. The number of nitrogens with zero attached hydrogens (tertiary/aromatic N) is 1. The predicted molar refractivity (Wildman–Crippen MR) is 85.0 cm³/mol. The Kier molecular flexibility index (Phi) is 5.69. The highest BCUT2D eigenvalue weighted by atomic mass is 16.2. The number of hydrogen-bond donors (Lipinski definition) is 2. The van der Waals surface area contributed by atoms with Gasteiger partial charge in [-0.2, -0.15) is 5.26 Å². The fourth-order valence-electron chi connectivity index (χ4n) is 2.02. The van der Waals surface area contributed by atoms with E-state index in [0.29, 0.717) is 5.56 Å². The number of carbonyl (C=O) groups excluding carboxylic acids is 2. The third kappa shape index (κ3) is 4.88. The third-order valence-electron chi connectivity index (χ3n) is 3.47. The van der Waals surface area contributed by atoms with E-state index in [9.17, 15) is 9.59 Å². The van der Waals surface area contributed by atoms with Gasteiger partial charge in [0.25, 0.3) is 5.91 Å². The molecule has 118 valence electrons. The van der Waals surface area contributed by atoms with Crippen LogP contribution in [0.2, 0.25) is 0 Å². The van der Waals surface area contributed by atoms with Gasteiger partial charge in [-0.05, 0) is 36.5 Å². The standard InChI is InChI=1S/C17H23N3O2/c1-11(10-18)9-14(15(19)21)20-16(22)12-5-7-13(8-6-12)17(2,3)4/h5-8,11,14H,9H2,1-4H3,(H2,19,21)(H,20,22)/t11-,14-/m0/s1. The van der Waals surface area contributed by atoms with E-state index < -0.39 is 11.9 Å². The van der Waals surface area contributed by atoms with Crippen molar-refractivity contribution in [2.75, 3.05) is 0 Å². The quantitative estimate of drug-likeness (QED) is 0.871. The molecule has 5 heteroatoms. The fraction of sp³-hybridized carbons (Fsp3) is 0.471. The zero-order chi connectivity index (χ0) is 16.9. The number of carbonyl (C=O) groups is 2. The molecule has 0 bridgehead atoms. The molecule has 0 saturated carbocycles. The largest absolute Gasteiger partial charge is 0.368 e. The van der Waals surface area contributed by atoms with Crippen LogP contribution in [0.3, 0.4) is 0 Å². The van der Waals surface area contributed by atoms with Gasteiger partial charge in [0, 0.05) is 11.5 Å². The lowest BCUT2D eigenvalue weighted by molar-refractivity contribution is -0.120. The number of nitrogens with one attached hydrogen (secondary N) is 1. The summed E-state index contributed by atoms with van der Waals surface area (Å²) in [5.41, 5.74) is 6.87. The smallest absolute Gasteiger partial charge is 0.251 e. The van der Waals surface area contributed by atoms with Gasteiger partial charge in [-0.15, -0.1) is 0 Å². The lowest BCUT2D eigenvalue weighted by Gasteiger charge is -2.20. The van der Waals surface area contributed by atoms with Crippen LogP contribution in [-0.4, -0.2) is 17.9 Å². The van der Waals surface area contributed by atoms with Crippen LogP contribution in [0, 0.1) is 17.2 Å². The van der Waals surface area contributed by atoms with E-state index in [2.05, 4.69) is 26.1 Å². The van der Waals surface area contributed by atoms with Gasteiger partial charge >= 0.3 is 0 Å². The van der Waals surface area contributed by atoms with Crippen molar-refractivity contribution in [1.82, 2.24) is 5.32 Å². The molecule has 22 heavy (non-hydrogen) atoms. The zero-order valence-electron chi connectivity index (χ0n) is 13.5. The Hall–Kier alpha value is -2.35. The van der Waals surface area contributed by atoms with Gasteiger partial charge in [-0.1, -0.05) is 32.9 Å². The molecule has 0 unspecified atom stereocenters. The van der Waals surface area contributed by atoms with Crippen LogP contribution in [0.15, 0.2) is 24.3 Å². The summed E-state index contributed by atoms with van der Waals surface area (Å²) in [6.45, 7) is 7.96. The second-order valence-electron chi connectivity index (χ2n) is 6.52. The van der Waals surface area contributed by atoms with Crippen molar-refractivity contribution in [1.29, 1.82) is 5.26 Å². The number of rotatable bonds is 5. The maximum Gasteiger partial charge on any atom is 0.251 e. The summed E-state index contributed by atoms with van der Waals surface area (Å²) in [6.07, 6.45) is 0.206. The third-order valence-corrected chi connectivity index (χ3v) is 3.47. The van der Waals surface area contributed by atoms with Crippen molar-refractivity contribution in [2.45, 2.75) is 45.6 Å². The molecule has 1 aromatic rings. The van der Waals surface area contributed by atoms with E-state index in [4.69, 9.17) is 11.0 Å². The first-order valence-electron chi connectivity index (χ1n) is 7.25. The highest BCUT2D eigenvalue weighted by Crippen LogP contribution is 2.22. The highest BCUT2D eigenvalue weighted by Gasteiger charge is 2.22. The first-order valence-corrected chi connectivity index (χ1v) is 7.25. The summed E-state index contributed by atoms with van der Waals surface area (Å²) in [4.78, 5) is 23.6. The van der Waals surface area contributed by atoms with Crippen LogP contribution in [0.1, 0.15) is 50.0 Å². The molecule has 0 heterocycles. The molecule has 0 fully saturated rings. The molecule has 1 aromatic carbocycles. The average Bonchev–Trinajstić information content (AvgIpc) is 2.45. The minimum atomic E-state index is -0.843. The minimum Gasteiger partial charge on any atom is -0.368 e. The lowest BCUT2D eigenvalue weighted by atomic mass is 9.86. The molecule has 5 nitrogen and oxygen atoms in total. The maximum atomic E-state index is 12.2. The van der Waals surface area contributed by atoms with Gasteiger partial charge in [0.05, 0.1) is 6.07 Å². The Morgan fingerprint density at radius 2 is 1.82 bits per heavy atom. The van der Waals surface area contributed by atoms with E-state index in [-0.39, 0.29) is 23.7 Å². The van der Waals surface area contributed by atoms with Crippen LogP contribution in [0.4, 0.5) is 0 Å². The predicted octanol–water partition coefficient (Wildman–Crippen LogP) is 2.12. The van der Waals surface area contributed by atoms with Crippen molar-refractivity contribution in [2.24, 2.45) is 11.7 Å². The Bertz CT molecular complexity index is 579. The molecule has 3 N–H and O–H groups in total. The van der Waals surface area contributed by atoms with Gasteiger partial charge < -0.3 is 11.1 Å². The summed E-state index contributed by atoms with van der Waals surface area (Å²) < 4.78 is 0. The molecule has 0 radical (unpaired) electrons. The SMILES string of the molecule is C[C@H](C#N)C[C@H](NC(=O)c1ccc(C(C)(C)C)cc1)C(N)=O. The first-order chi connectivity index (χ1) is 10.1. The Balaban J connectivity index is 2.82. The van der Waals surface area contributed by atoms with E-state index in [0.717, 1.165) is 5.56 Å². The molecule has 1 rings (SSSR count). The molecule has 0 spiro atoms. The Labute approximate surface area is 131 Å². The van der Waals surface area contributed by atoms with E-state index >= 15 is 0 Å². The molecule has 2 amide bonds. The summed E-state index contributed by atoms with van der Waals surface area (Å²) in [5.74, 6) is -1.36. The van der Waals surface area contributed by atoms with Crippen molar-refractivity contribution in [3.8, 4) is 6.07 Å². The molecule has 0 aliphatic heterocycles. The van der Waals surface area contributed by atoms with Crippen molar-refractivity contribution in [3.05, 3.63) is 35.4 Å². The molecular formula is C17H23N3O2. The molecule has 0 saturated heterocycles. The summed E-state index contributed by atoms with van der Waals surface area (Å²) >= 11 is 0. The van der Waals surface area contributed by atoms with E-state index in [1.165, 1.54) is 0 Å². The molecule has 0 aliphatic carbocycles. The zero-order valence-corrected chi connectivity index (χ0v) is 13.5. The number of amides is 2. The summed E-state index contributed by atoms with van der Waals surface area (Å²) in [6, 6.07) is 8.42.